The third-order valence-electron chi connectivity index (χ3n) is 4.46. The van der Waals surface area contributed by atoms with Gasteiger partial charge in [-0.05, 0) is 19.3 Å². The zero-order valence-electron chi connectivity index (χ0n) is 12.7. The van der Waals surface area contributed by atoms with Crippen molar-refractivity contribution in [3.8, 4) is 0 Å². The number of carbonyl (C=O) groups excluding carboxylic acids is 1. The SMILES string of the molecule is CS(=O)(=O)N1CCCC[C@@H]1C(=O)N[C@@H]1CCc2nccn2C1. The molecule has 1 amide bonds. The summed E-state index contributed by atoms with van der Waals surface area (Å²) >= 11 is 0. The highest BCUT2D eigenvalue weighted by Crippen LogP contribution is 2.21. The summed E-state index contributed by atoms with van der Waals surface area (Å²) in [6.45, 7) is 1.14. The quantitative estimate of drug-likeness (QED) is 0.855. The maximum Gasteiger partial charge on any atom is 0.238 e. The largest absolute Gasteiger partial charge is 0.350 e. The molecule has 2 aliphatic rings. The zero-order chi connectivity index (χ0) is 15.7. The van der Waals surface area contributed by atoms with Crippen LogP contribution >= 0.6 is 0 Å². The lowest BCUT2D eigenvalue weighted by molar-refractivity contribution is -0.126. The van der Waals surface area contributed by atoms with Gasteiger partial charge in [0.15, 0.2) is 0 Å². The van der Waals surface area contributed by atoms with Crippen LogP contribution in [0.2, 0.25) is 0 Å². The highest BCUT2D eigenvalue weighted by molar-refractivity contribution is 7.88. The molecular weight excluding hydrogens is 304 g/mol. The van der Waals surface area contributed by atoms with Gasteiger partial charge in [-0.1, -0.05) is 6.42 Å². The van der Waals surface area contributed by atoms with E-state index in [1.807, 2.05) is 10.8 Å². The van der Waals surface area contributed by atoms with Crippen LogP contribution in [0.25, 0.3) is 0 Å². The van der Waals surface area contributed by atoms with E-state index in [0.29, 0.717) is 19.5 Å². The number of carbonyl (C=O) groups is 1. The topological polar surface area (TPSA) is 84.3 Å². The summed E-state index contributed by atoms with van der Waals surface area (Å²) in [5, 5.41) is 3.03. The minimum Gasteiger partial charge on any atom is -0.350 e. The van der Waals surface area contributed by atoms with Gasteiger partial charge in [0.1, 0.15) is 11.9 Å². The fourth-order valence-corrected chi connectivity index (χ4v) is 4.47. The maximum atomic E-state index is 12.5. The molecule has 2 aliphatic heterocycles. The summed E-state index contributed by atoms with van der Waals surface area (Å²) < 4.78 is 27.1. The first-order valence-corrected chi connectivity index (χ1v) is 9.57. The molecule has 0 saturated carbocycles. The first-order valence-electron chi connectivity index (χ1n) is 7.72. The molecule has 1 aromatic rings. The zero-order valence-corrected chi connectivity index (χ0v) is 13.6. The van der Waals surface area contributed by atoms with Gasteiger partial charge in [0.2, 0.25) is 15.9 Å². The molecule has 1 aromatic heterocycles. The highest BCUT2D eigenvalue weighted by Gasteiger charge is 2.35. The van der Waals surface area contributed by atoms with E-state index in [1.165, 1.54) is 10.6 Å². The van der Waals surface area contributed by atoms with E-state index in [1.54, 1.807) is 6.20 Å². The van der Waals surface area contributed by atoms with Crippen LogP contribution in [-0.4, -0.2) is 53.1 Å². The summed E-state index contributed by atoms with van der Waals surface area (Å²) in [4.78, 5) is 16.8. The number of rotatable bonds is 3. The molecule has 2 atom stereocenters. The monoisotopic (exact) mass is 326 g/mol. The Labute approximate surface area is 130 Å². The lowest BCUT2D eigenvalue weighted by Gasteiger charge is -2.34. The molecule has 0 bridgehead atoms. The normalized spacial score (nSPS) is 26.4. The molecule has 0 aromatic carbocycles. The number of amides is 1. The Bertz CT molecular complexity index is 655. The van der Waals surface area contributed by atoms with Crippen LogP contribution in [0.15, 0.2) is 12.4 Å². The Kier molecular flexibility index (Phi) is 4.22. The summed E-state index contributed by atoms with van der Waals surface area (Å²) in [6, 6.07) is -0.523. The van der Waals surface area contributed by atoms with Crippen molar-refractivity contribution in [3.05, 3.63) is 18.2 Å². The van der Waals surface area contributed by atoms with Crippen LogP contribution in [0, 0.1) is 0 Å². The minimum absolute atomic E-state index is 0.0394. The number of piperidine rings is 1. The van der Waals surface area contributed by atoms with E-state index in [-0.39, 0.29) is 11.9 Å². The van der Waals surface area contributed by atoms with Gasteiger partial charge in [-0.3, -0.25) is 4.79 Å². The molecule has 1 N–H and O–H groups in total. The van der Waals surface area contributed by atoms with Gasteiger partial charge in [-0.2, -0.15) is 4.31 Å². The summed E-state index contributed by atoms with van der Waals surface area (Å²) in [7, 11) is -3.34. The van der Waals surface area contributed by atoms with E-state index in [4.69, 9.17) is 0 Å². The molecular formula is C14H22N4O3S. The maximum absolute atomic E-state index is 12.5. The van der Waals surface area contributed by atoms with E-state index < -0.39 is 16.1 Å². The Morgan fingerprint density at radius 3 is 2.95 bits per heavy atom. The van der Waals surface area contributed by atoms with Gasteiger partial charge in [-0.15, -0.1) is 0 Å². The number of nitrogens with one attached hydrogen (secondary N) is 1. The molecule has 1 saturated heterocycles. The van der Waals surface area contributed by atoms with E-state index in [2.05, 4.69) is 10.3 Å². The van der Waals surface area contributed by atoms with Gasteiger partial charge in [0.25, 0.3) is 0 Å². The van der Waals surface area contributed by atoms with Crippen LogP contribution in [0.4, 0.5) is 0 Å². The summed E-state index contributed by atoms with van der Waals surface area (Å²) in [5.74, 6) is 0.875. The molecule has 122 valence electrons. The molecule has 3 rings (SSSR count). The average Bonchev–Trinajstić information content (AvgIpc) is 2.94. The smallest absolute Gasteiger partial charge is 0.238 e. The number of fused-ring (bicyclic) bond motifs is 1. The lowest BCUT2D eigenvalue weighted by Crippen LogP contribution is -2.54. The number of nitrogens with zero attached hydrogens (tertiary/aromatic N) is 3. The molecule has 7 nitrogen and oxygen atoms in total. The van der Waals surface area contributed by atoms with Crippen molar-refractivity contribution in [2.24, 2.45) is 0 Å². The molecule has 3 heterocycles. The van der Waals surface area contributed by atoms with Crippen molar-refractivity contribution < 1.29 is 13.2 Å². The molecule has 0 aliphatic carbocycles. The number of imidazole rings is 1. The molecule has 0 unspecified atom stereocenters. The number of aryl methyl sites for hydroxylation is 1. The third kappa shape index (κ3) is 3.17. The van der Waals surface area contributed by atoms with Crippen molar-refractivity contribution in [3.63, 3.8) is 0 Å². The van der Waals surface area contributed by atoms with E-state index >= 15 is 0 Å². The predicted octanol–water partition coefficient (Wildman–Crippen LogP) is 0.128. The van der Waals surface area contributed by atoms with E-state index in [9.17, 15) is 13.2 Å². The van der Waals surface area contributed by atoms with Gasteiger partial charge >= 0.3 is 0 Å². The Balaban J connectivity index is 1.66. The third-order valence-corrected chi connectivity index (χ3v) is 5.75. The summed E-state index contributed by atoms with van der Waals surface area (Å²) in [5.41, 5.74) is 0. The Morgan fingerprint density at radius 2 is 2.18 bits per heavy atom. The fourth-order valence-electron chi connectivity index (χ4n) is 3.35. The lowest BCUT2D eigenvalue weighted by atomic mass is 10.0. The molecule has 22 heavy (non-hydrogen) atoms. The number of sulfonamides is 1. The molecule has 0 radical (unpaired) electrons. The number of aromatic nitrogens is 2. The Morgan fingerprint density at radius 1 is 1.36 bits per heavy atom. The molecule has 0 spiro atoms. The van der Waals surface area contributed by atoms with Gasteiger partial charge < -0.3 is 9.88 Å². The second-order valence-electron chi connectivity index (χ2n) is 6.13. The van der Waals surface area contributed by atoms with Crippen LogP contribution in [0.3, 0.4) is 0 Å². The van der Waals surface area contributed by atoms with Crippen molar-refractivity contribution >= 4 is 15.9 Å². The average molecular weight is 326 g/mol. The highest BCUT2D eigenvalue weighted by atomic mass is 32.2. The molecule has 1 fully saturated rings. The summed E-state index contributed by atoms with van der Waals surface area (Å²) in [6.07, 6.45) is 8.84. The first kappa shape index (κ1) is 15.5. The second kappa shape index (κ2) is 6.00. The van der Waals surface area contributed by atoms with Gasteiger partial charge in [0, 0.05) is 37.9 Å². The van der Waals surface area contributed by atoms with E-state index in [0.717, 1.165) is 31.5 Å². The van der Waals surface area contributed by atoms with Crippen molar-refractivity contribution in [1.29, 1.82) is 0 Å². The number of hydrogen-bond donors (Lipinski definition) is 1. The minimum atomic E-state index is -3.34. The van der Waals surface area contributed by atoms with Crippen LogP contribution < -0.4 is 5.32 Å². The van der Waals surface area contributed by atoms with Crippen molar-refractivity contribution in [2.45, 2.75) is 50.7 Å². The predicted molar refractivity (Wildman–Crippen MR) is 81.7 cm³/mol. The molecule has 8 heteroatoms. The second-order valence-corrected chi connectivity index (χ2v) is 8.06. The number of hydrogen-bond acceptors (Lipinski definition) is 4. The van der Waals surface area contributed by atoms with Crippen molar-refractivity contribution in [2.75, 3.05) is 12.8 Å². The van der Waals surface area contributed by atoms with Crippen LogP contribution in [0.5, 0.6) is 0 Å². The van der Waals surface area contributed by atoms with Crippen LogP contribution in [-0.2, 0) is 27.8 Å². The standard InChI is InChI=1S/C14H22N4O3S/c1-22(20,21)18-8-3-2-4-12(18)14(19)16-11-5-6-13-15-7-9-17(13)10-11/h7,9,11-12H,2-6,8,10H2,1H3,(H,16,19)/t11-,12-/m1/s1. The van der Waals surface area contributed by atoms with Crippen molar-refractivity contribution in [1.82, 2.24) is 19.2 Å². The first-order chi connectivity index (χ1) is 10.4. The van der Waals surface area contributed by atoms with Crippen LogP contribution in [0.1, 0.15) is 31.5 Å². The van der Waals surface area contributed by atoms with Gasteiger partial charge in [-0.25, -0.2) is 13.4 Å². The fraction of sp³-hybridized carbons (Fsp3) is 0.714. The Hall–Kier alpha value is -1.41. The van der Waals surface area contributed by atoms with Gasteiger partial charge in [0.05, 0.1) is 6.26 Å².